The van der Waals surface area contributed by atoms with E-state index in [4.69, 9.17) is 9.36 Å². The van der Waals surface area contributed by atoms with Gasteiger partial charge in [-0.25, -0.2) is 0 Å². The van der Waals surface area contributed by atoms with Gasteiger partial charge in [-0.1, -0.05) is 29.4 Å². The topological polar surface area (TPSA) is 106 Å². The van der Waals surface area contributed by atoms with Crippen LogP contribution in [0.25, 0.3) is 0 Å². The molecule has 1 unspecified atom stereocenters. The van der Waals surface area contributed by atoms with E-state index in [0.29, 0.717) is 23.7 Å². The quantitative estimate of drug-likeness (QED) is 0.535. The maximum Gasteiger partial charge on any atom is 0.269 e. The van der Waals surface area contributed by atoms with Crippen molar-refractivity contribution in [3.8, 4) is 0 Å². The van der Waals surface area contributed by atoms with E-state index >= 15 is 0 Å². The lowest BCUT2D eigenvalue weighted by molar-refractivity contribution is -0.127. The third kappa shape index (κ3) is 5.18. The van der Waals surface area contributed by atoms with Crippen molar-refractivity contribution in [3.05, 3.63) is 41.7 Å². The molecule has 28 heavy (non-hydrogen) atoms. The third-order valence-electron chi connectivity index (χ3n) is 4.38. The van der Waals surface area contributed by atoms with Crippen LogP contribution < -0.4 is 10.6 Å². The van der Waals surface area contributed by atoms with Crippen LogP contribution in [0.5, 0.6) is 0 Å². The average molecular weight is 384 g/mol. The number of aromatic nitrogens is 1. The molecule has 0 radical (unpaired) electrons. The summed E-state index contributed by atoms with van der Waals surface area (Å²) in [5.74, 6) is 0.838. The maximum absolute atomic E-state index is 12.3. The summed E-state index contributed by atoms with van der Waals surface area (Å²) in [5.41, 5.74) is 2.22. The third-order valence-corrected chi connectivity index (χ3v) is 4.38. The van der Waals surface area contributed by atoms with Gasteiger partial charge in [-0.05, 0) is 50.8 Å². The highest BCUT2D eigenvalue weighted by molar-refractivity contribution is 5.99. The van der Waals surface area contributed by atoms with Gasteiger partial charge in [0.1, 0.15) is 5.76 Å². The van der Waals surface area contributed by atoms with Gasteiger partial charge in [0.25, 0.3) is 5.91 Å². The number of oxime groups is 1. The number of aryl methyl sites for hydroxylation is 1. The van der Waals surface area contributed by atoms with Crippen LogP contribution in [-0.4, -0.2) is 28.8 Å². The number of benzene rings is 1. The number of anilines is 2. The van der Waals surface area contributed by atoms with Gasteiger partial charge in [-0.3, -0.25) is 9.59 Å². The minimum Gasteiger partial charge on any atom is -0.382 e. The second-order valence-electron chi connectivity index (χ2n) is 6.83. The van der Waals surface area contributed by atoms with Gasteiger partial charge in [0.15, 0.2) is 5.82 Å². The van der Waals surface area contributed by atoms with Crippen LogP contribution in [0.15, 0.2) is 40.0 Å². The van der Waals surface area contributed by atoms with Crippen LogP contribution in [0.2, 0.25) is 0 Å². The van der Waals surface area contributed by atoms with Crippen molar-refractivity contribution in [1.82, 2.24) is 5.16 Å². The second-order valence-corrected chi connectivity index (χ2v) is 6.83. The number of hydrogen-bond donors (Lipinski definition) is 2. The zero-order valence-electron chi connectivity index (χ0n) is 16.2. The molecule has 8 nitrogen and oxygen atoms in total. The first-order valence-corrected chi connectivity index (χ1v) is 9.32. The summed E-state index contributed by atoms with van der Waals surface area (Å²) in [4.78, 5) is 29.5. The van der Waals surface area contributed by atoms with E-state index < -0.39 is 6.10 Å². The molecule has 3 rings (SSSR count). The summed E-state index contributed by atoms with van der Waals surface area (Å²) in [6.45, 7) is 5.37. The van der Waals surface area contributed by atoms with Crippen molar-refractivity contribution >= 4 is 29.0 Å². The fraction of sp³-hybridized carbons (Fsp3) is 0.400. The average Bonchev–Trinajstić information content (AvgIpc) is 3.46. The molecule has 2 amide bonds. The van der Waals surface area contributed by atoms with Gasteiger partial charge in [-0.2, -0.15) is 0 Å². The van der Waals surface area contributed by atoms with Crippen LogP contribution in [0.3, 0.4) is 0 Å². The zero-order chi connectivity index (χ0) is 20.1. The number of carbonyl (C=O) groups is 2. The van der Waals surface area contributed by atoms with Gasteiger partial charge in [0.05, 0.1) is 5.71 Å². The second kappa shape index (κ2) is 8.69. The molecule has 2 aromatic rings. The molecule has 1 heterocycles. The molecule has 1 aliphatic carbocycles. The first kappa shape index (κ1) is 19.6. The van der Waals surface area contributed by atoms with Crippen molar-refractivity contribution in [3.63, 3.8) is 0 Å². The smallest absolute Gasteiger partial charge is 0.269 e. The molecule has 1 aromatic heterocycles. The molecule has 1 saturated carbocycles. The van der Waals surface area contributed by atoms with Gasteiger partial charge in [0, 0.05) is 17.7 Å². The Balaban J connectivity index is 1.56. The van der Waals surface area contributed by atoms with E-state index in [2.05, 4.69) is 20.9 Å². The summed E-state index contributed by atoms with van der Waals surface area (Å²) >= 11 is 0. The van der Waals surface area contributed by atoms with Crippen LogP contribution in [0, 0.1) is 12.8 Å². The predicted octanol–water partition coefficient (Wildman–Crippen LogP) is 3.49. The van der Waals surface area contributed by atoms with E-state index in [1.807, 2.05) is 31.2 Å². The number of nitrogens with one attached hydrogen (secondary N) is 2. The minimum atomic E-state index is -0.746. The Morgan fingerprint density at radius 3 is 2.57 bits per heavy atom. The maximum atomic E-state index is 12.3. The Hall–Kier alpha value is -3.16. The molecule has 1 aromatic carbocycles. The Labute approximate surface area is 163 Å². The van der Waals surface area contributed by atoms with E-state index in [1.165, 1.54) is 0 Å². The van der Waals surface area contributed by atoms with Crippen LogP contribution in [0.1, 0.15) is 44.4 Å². The lowest BCUT2D eigenvalue weighted by Gasteiger charge is -2.12. The van der Waals surface area contributed by atoms with E-state index in [1.54, 1.807) is 19.9 Å². The molecule has 0 saturated heterocycles. The van der Waals surface area contributed by atoms with E-state index in [0.717, 1.165) is 24.1 Å². The Kier molecular flexibility index (Phi) is 6.08. The van der Waals surface area contributed by atoms with Crippen molar-refractivity contribution in [2.24, 2.45) is 11.1 Å². The summed E-state index contributed by atoms with van der Waals surface area (Å²) in [5, 5.41) is 13.3. The Morgan fingerprint density at radius 1 is 1.29 bits per heavy atom. The minimum absolute atomic E-state index is 0.0700. The molecule has 0 bridgehead atoms. The summed E-state index contributed by atoms with van der Waals surface area (Å²) in [6.07, 6.45) is 1.64. The van der Waals surface area contributed by atoms with Crippen LogP contribution in [0.4, 0.5) is 11.5 Å². The summed E-state index contributed by atoms with van der Waals surface area (Å²) < 4.78 is 4.93. The number of hydrogen-bond acceptors (Lipinski definition) is 6. The molecule has 1 aliphatic rings. The lowest BCUT2D eigenvalue weighted by atomic mass is 10.1. The molecule has 0 spiro atoms. The largest absolute Gasteiger partial charge is 0.382 e. The van der Waals surface area contributed by atoms with Gasteiger partial charge in [-0.15, -0.1) is 0 Å². The predicted molar refractivity (Wildman–Crippen MR) is 105 cm³/mol. The molecule has 1 fully saturated rings. The molecular formula is C20H24N4O4. The summed E-state index contributed by atoms with van der Waals surface area (Å²) in [7, 11) is 0. The molecular weight excluding hydrogens is 360 g/mol. The number of amides is 2. The first-order chi connectivity index (χ1) is 13.5. The highest BCUT2D eigenvalue weighted by Crippen LogP contribution is 2.30. The molecule has 1 atom stereocenters. The Bertz CT molecular complexity index is 869. The highest BCUT2D eigenvalue weighted by atomic mass is 16.6. The molecule has 0 aliphatic heterocycles. The zero-order valence-corrected chi connectivity index (χ0v) is 16.2. The normalized spacial score (nSPS) is 15.0. The van der Waals surface area contributed by atoms with Crippen LogP contribution in [-0.2, 0) is 14.4 Å². The van der Waals surface area contributed by atoms with Crippen molar-refractivity contribution < 1.29 is 18.9 Å². The van der Waals surface area contributed by atoms with Crippen molar-refractivity contribution in [2.75, 3.05) is 10.6 Å². The fourth-order valence-electron chi connectivity index (χ4n) is 2.52. The van der Waals surface area contributed by atoms with Gasteiger partial charge >= 0.3 is 0 Å². The molecule has 148 valence electrons. The van der Waals surface area contributed by atoms with E-state index in [9.17, 15) is 9.59 Å². The first-order valence-electron chi connectivity index (χ1n) is 9.32. The number of nitrogens with zero attached hydrogens (tertiary/aromatic N) is 2. The van der Waals surface area contributed by atoms with Crippen molar-refractivity contribution in [2.45, 2.75) is 46.1 Å². The SMILES string of the molecule is CCC(ON=C(C)c1ccc(NC(=O)C2CC2)cc1)C(=O)Nc1cc(C)on1. The van der Waals surface area contributed by atoms with Gasteiger partial charge < -0.3 is 20.0 Å². The monoisotopic (exact) mass is 384 g/mol. The van der Waals surface area contributed by atoms with Gasteiger partial charge in [0.2, 0.25) is 12.0 Å². The van der Waals surface area contributed by atoms with E-state index in [-0.39, 0.29) is 17.7 Å². The molecule has 8 heteroatoms. The number of rotatable bonds is 8. The number of carbonyl (C=O) groups excluding carboxylic acids is 2. The lowest BCUT2D eigenvalue weighted by Crippen LogP contribution is -2.29. The fourth-order valence-corrected chi connectivity index (χ4v) is 2.52. The van der Waals surface area contributed by atoms with Crippen LogP contribution >= 0.6 is 0 Å². The summed E-state index contributed by atoms with van der Waals surface area (Å²) in [6, 6.07) is 8.98. The highest BCUT2D eigenvalue weighted by Gasteiger charge is 2.29. The van der Waals surface area contributed by atoms with Crippen molar-refractivity contribution in [1.29, 1.82) is 0 Å². The molecule has 2 N–H and O–H groups in total. The standard InChI is InChI=1S/C20H24N4O4/c1-4-17(20(26)22-18-11-12(2)27-24-18)28-23-13(3)14-7-9-16(10-8-14)21-19(25)15-5-6-15/h7-11,15,17H,4-6H2,1-3H3,(H,21,25)(H,22,24,26). The Morgan fingerprint density at radius 2 is 2.00 bits per heavy atom.